The number of benzene rings is 2. The molecule has 0 fully saturated rings. The van der Waals surface area contributed by atoms with Crippen molar-refractivity contribution in [3.05, 3.63) is 72.6 Å². The maximum Gasteiger partial charge on any atom is 0.338 e. The Morgan fingerprint density at radius 2 is 1.52 bits per heavy atom. The minimum atomic E-state index is -0.549. The number of carbonyl (C=O) groups is 1. The molecule has 0 spiro atoms. The average Bonchev–Trinajstić information content (AvgIpc) is 2.76. The SMILES string of the molecule is CC=C(C(=O)OC)c1c(OC)ncnc1Oc1cccc(Oc2ccccc2)c1. The van der Waals surface area contributed by atoms with E-state index < -0.39 is 5.97 Å². The smallest absolute Gasteiger partial charge is 0.338 e. The van der Waals surface area contributed by atoms with Crippen molar-refractivity contribution >= 4 is 11.5 Å². The monoisotopic (exact) mass is 392 g/mol. The van der Waals surface area contributed by atoms with Gasteiger partial charge in [-0.2, -0.15) is 0 Å². The van der Waals surface area contributed by atoms with Crippen molar-refractivity contribution in [2.75, 3.05) is 14.2 Å². The van der Waals surface area contributed by atoms with Crippen molar-refractivity contribution in [3.8, 4) is 29.0 Å². The third-order valence-corrected chi connectivity index (χ3v) is 3.93. The molecule has 29 heavy (non-hydrogen) atoms. The molecule has 0 atom stereocenters. The molecule has 148 valence electrons. The number of nitrogens with zero attached hydrogens (tertiary/aromatic N) is 2. The van der Waals surface area contributed by atoms with Crippen LogP contribution in [-0.4, -0.2) is 30.2 Å². The fraction of sp³-hybridized carbons (Fsp3) is 0.136. The van der Waals surface area contributed by atoms with Crippen molar-refractivity contribution in [3.63, 3.8) is 0 Å². The molecule has 0 radical (unpaired) electrons. The van der Waals surface area contributed by atoms with Gasteiger partial charge < -0.3 is 18.9 Å². The molecule has 2 aromatic carbocycles. The van der Waals surface area contributed by atoms with E-state index in [2.05, 4.69) is 9.97 Å². The predicted octanol–water partition coefficient (Wildman–Crippen LogP) is 4.65. The summed E-state index contributed by atoms with van der Waals surface area (Å²) >= 11 is 0. The molecule has 0 aliphatic rings. The highest BCUT2D eigenvalue weighted by Gasteiger charge is 2.24. The number of carbonyl (C=O) groups excluding carboxylic acids is 1. The lowest BCUT2D eigenvalue weighted by Gasteiger charge is -2.14. The molecule has 0 unspecified atom stereocenters. The van der Waals surface area contributed by atoms with Gasteiger partial charge in [0.05, 0.1) is 19.8 Å². The summed E-state index contributed by atoms with van der Waals surface area (Å²) in [6.45, 7) is 1.71. The molecule has 0 aliphatic heterocycles. The second-order valence-corrected chi connectivity index (χ2v) is 5.75. The molecule has 7 nitrogen and oxygen atoms in total. The number of hydrogen-bond acceptors (Lipinski definition) is 7. The van der Waals surface area contributed by atoms with E-state index in [9.17, 15) is 4.79 Å². The van der Waals surface area contributed by atoms with Crippen LogP contribution in [0.5, 0.6) is 29.0 Å². The van der Waals surface area contributed by atoms with Crippen LogP contribution in [0, 0.1) is 0 Å². The number of allylic oxidation sites excluding steroid dienone is 1. The van der Waals surface area contributed by atoms with E-state index in [-0.39, 0.29) is 17.3 Å². The molecule has 0 saturated heterocycles. The summed E-state index contributed by atoms with van der Waals surface area (Å²) in [6, 6.07) is 16.5. The lowest BCUT2D eigenvalue weighted by Crippen LogP contribution is -2.08. The van der Waals surface area contributed by atoms with Crippen molar-refractivity contribution < 1.29 is 23.7 Å². The first-order valence-electron chi connectivity index (χ1n) is 8.81. The number of rotatable bonds is 7. The number of esters is 1. The van der Waals surface area contributed by atoms with Crippen LogP contribution < -0.4 is 14.2 Å². The molecular formula is C22H20N2O5. The van der Waals surface area contributed by atoms with E-state index in [0.29, 0.717) is 22.8 Å². The van der Waals surface area contributed by atoms with Crippen LogP contribution >= 0.6 is 0 Å². The third-order valence-electron chi connectivity index (χ3n) is 3.93. The van der Waals surface area contributed by atoms with Gasteiger partial charge in [-0.15, -0.1) is 0 Å². The normalized spacial score (nSPS) is 10.9. The molecule has 1 heterocycles. The lowest BCUT2D eigenvalue weighted by molar-refractivity contribution is -0.133. The minimum absolute atomic E-state index is 0.159. The highest BCUT2D eigenvalue weighted by atomic mass is 16.5. The Kier molecular flexibility index (Phi) is 6.42. The first-order valence-corrected chi connectivity index (χ1v) is 8.81. The topological polar surface area (TPSA) is 79.8 Å². The summed E-state index contributed by atoms with van der Waals surface area (Å²) in [5.41, 5.74) is 0.537. The highest BCUT2D eigenvalue weighted by molar-refractivity contribution is 6.17. The van der Waals surface area contributed by atoms with Crippen LogP contribution in [0.15, 0.2) is 67.0 Å². The fourth-order valence-electron chi connectivity index (χ4n) is 2.63. The Hall–Kier alpha value is -3.87. The van der Waals surface area contributed by atoms with Crippen molar-refractivity contribution in [2.24, 2.45) is 0 Å². The van der Waals surface area contributed by atoms with Gasteiger partial charge in [-0.25, -0.2) is 14.8 Å². The minimum Gasteiger partial charge on any atom is -0.480 e. The van der Waals surface area contributed by atoms with E-state index in [0.717, 1.165) is 0 Å². The van der Waals surface area contributed by atoms with Crippen LogP contribution in [-0.2, 0) is 9.53 Å². The number of para-hydroxylation sites is 1. The van der Waals surface area contributed by atoms with E-state index in [1.54, 1.807) is 31.2 Å². The number of methoxy groups -OCH3 is 2. The van der Waals surface area contributed by atoms with Gasteiger partial charge in [-0.05, 0) is 31.2 Å². The number of hydrogen-bond donors (Lipinski definition) is 0. The molecule has 3 aromatic rings. The van der Waals surface area contributed by atoms with Crippen LogP contribution in [0.1, 0.15) is 12.5 Å². The highest BCUT2D eigenvalue weighted by Crippen LogP contribution is 2.35. The second kappa shape index (κ2) is 9.36. The Morgan fingerprint density at radius 3 is 2.17 bits per heavy atom. The number of ether oxygens (including phenoxy) is 4. The Bertz CT molecular complexity index is 1020. The van der Waals surface area contributed by atoms with Crippen LogP contribution in [0.4, 0.5) is 0 Å². The predicted molar refractivity (Wildman–Crippen MR) is 107 cm³/mol. The van der Waals surface area contributed by atoms with Gasteiger partial charge in [0.15, 0.2) is 0 Å². The molecule has 0 saturated carbocycles. The molecule has 0 bridgehead atoms. The largest absolute Gasteiger partial charge is 0.480 e. The van der Waals surface area contributed by atoms with E-state index in [1.807, 2.05) is 36.4 Å². The van der Waals surface area contributed by atoms with Crippen LogP contribution in [0.2, 0.25) is 0 Å². The zero-order valence-electron chi connectivity index (χ0n) is 16.3. The Labute approximate surface area is 168 Å². The van der Waals surface area contributed by atoms with Gasteiger partial charge in [0.1, 0.15) is 29.1 Å². The molecule has 3 rings (SSSR count). The molecule has 7 heteroatoms. The van der Waals surface area contributed by atoms with Gasteiger partial charge in [-0.1, -0.05) is 30.3 Å². The van der Waals surface area contributed by atoms with E-state index >= 15 is 0 Å². The van der Waals surface area contributed by atoms with Gasteiger partial charge in [0.2, 0.25) is 11.8 Å². The molecule has 0 amide bonds. The van der Waals surface area contributed by atoms with Crippen molar-refractivity contribution in [1.82, 2.24) is 9.97 Å². The molecule has 0 N–H and O–H groups in total. The molecular weight excluding hydrogens is 372 g/mol. The number of aromatic nitrogens is 2. The van der Waals surface area contributed by atoms with Gasteiger partial charge in [0, 0.05) is 6.07 Å². The lowest BCUT2D eigenvalue weighted by atomic mass is 10.1. The quantitative estimate of drug-likeness (QED) is 0.428. The summed E-state index contributed by atoms with van der Waals surface area (Å²) in [5.74, 6) is 1.58. The maximum atomic E-state index is 12.2. The van der Waals surface area contributed by atoms with E-state index in [1.165, 1.54) is 20.5 Å². The summed E-state index contributed by atoms with van der Waals surface area (Å²) in [7, 11) is 2.75. The molecule has 1 aromatic heterocycles. The second-order valence-electron chi connectivity index (χ2n) is 5.75. The zero-order valence-corrected chi connectivity index (χ0v) is 16.3. The fourth-order valence-corrected chi connectivity index (χ4v) is 2.63. The summed E-state index contributed by atoms with van der Waals surface area (Å²) in [6.07, 6.45) is 2.89. The molecule has 0 aliphatic carbocycles. The first kappa shape index (κ1) is 19.9. The standard InChI is InChI=1S/C22H20N2O5/c1-4-18(22(25)27-3)19-20(26-2)23-14-24-21(19)29-17-12-8-11-16(13-17)28-15-9-6-5-7-10-15/h4-14H,1-3H3. The maximum absolute atomic E-state index is 12.2. The van der Waals surface area contributed by atoms with E-state index in [4.69, 9.17) is 18.9 Å². The van der Waals surface area contributed by atoms with Crippen LogP contribution in [0.25, 0.3) is 5.57 Å². The van der Waals surface area contributed by atoms with Crippen molar-refractivity contribution in [1.29, 1.82) is 0 Å². The van der Waals surface area contributed by atoms with Gasteiger partial charge >= 0.3 is 5.97 Å². The van der Waals surface area contributed by atoms with Crippen molar-refractivity contribution in [2.45, 2.75) is 6.92 Å². The van der Waals surface area contributed by atoms with Gasteiger partial charge in [-0.3, -0.25) is 0 Å². The Balaban J connectivity index is 1.94. The third kappa shape index (κ3) is 4.70. The first-order chi connectivity index (χ1) is 14.2. The summed E-state index contributed by atoms with van der Waals surface area (Å²) < 4.78 is 21.9. The summed E-state index contributed by atoms with van der Waals surface area (Å²) in [5, 5.41) is 0. The Morgan fingerprint density at radius 1 is 0.862 bits per heavy atom. The summed E-state index contributed by atoms with van der Waals surface area (Å²) in [4.78, 5) is 20.4. The average molecular weight is 392 g/mol. The van der Waals surface area contributed by atoms with Crippen LogP contribution in [0.3, 0.4) is 0 Å². The zero-order chi connectivity index (χ0) is 20.6. The van der Waals surface area contributed by atoms with Gasteiger partial charge in [0.25, 0.3) is 0 Å².